The van der Waals surface area contributed by atoms with E-state index >= 15 is 0 Å². The molecule has 1 heterocycles. The lowest BCUT2D eigenvalue weighted by molar-refractivity contribution is 0.394. The van der Waals surface area contributed by atoms with Crippen molar-refractivity contribution in [1.29, 1.82) is 0 Å². The lowest BCUT2D eigenvalue weighted by Gasteiger charge is -2.19. The molecule has 0 fully saturated rings. The Morgan fingerprint density at radius 3 is 2.61 bits per heavy atom. The molecule has 98 valence electrons. The van der Waals surface area contributed by atoms with Crippen LogP contribution in [0.2, 0.25) is 0 Å². The molecule has 0 aliphatic heterocycles. The Balaban J connectivity index is 2.38. The summed E-state index contributed by atoms with van der Waals surface area (Å²) >= 11 is 3.20. The number of hydrogen-bond acceptors (Lipinski definition) is 2. The number of aryl methyl sites for hydroxylation is 1. The number of rotatable bonds is 2. The quantitative estimate of drug-likeness (QED) is 0.881. The minimum atomic E-state index is -0.299. The molecule has 4 heteroatoms. The summed E-state index contributed by atoms with van der Waals surface area (Å²) in [5.74, 6) is 0.559. The molecular weight excluding hydrogens is 297 g/mol. The standard InChI is InChI=1S/C14H17BrFNO/c1-8-9-5-10(15)11(16)6-12(9)18-13(8)7-17-14(2,3)4/h5-6,17H,7H2,1-4H3. The van der Waals surface area contributed by atoms with Gasteiger partial charge in [0.25, 0.3) is 0 Å². The Morgan fingerprint density at radius 2 is 2.00 bits per heavy atom. The zero-order chi connectivity index (χ0) is 13.5. The van der Waals surface area contributed by atoms with Crippen molar-refractivity contribution < 1.29 is 8.81 Å². The summed E-state index contributed by atoms with van der Waals surface area (Å²) in [4.78, 5) is 0. The third-order valence-electron chi connectivity index (χ3n) is 2.86. The molecule has 0 spiro atoms. The Hall–Kier alpha value is -0.870. The summed E-state index contributed by atoms with van der Waals surface area (Å²) in [6, 6.07) is 3.19. The molecule has 0 radical (unpaired) electrons. The maximum atomic E-state index is 13.4. The molecule has 0 unspecified atom stereocenters. The van der Waals surface area contributed by atoms with Crippen molar-refractivity contribution in [2.75, 3.05) is 0 Å². The van der Waals surface area contributed by atoms with Crippen LogP contribution in [0, 0.1) is 12.7 Å². The van der Waals surface area contributed by atoms with Crippen molar-refractivity contribution >= 4 is 26.9 Å². The highest BCUT2D eigenvalue weighted by Gasteiger charge is 2.15. The van der Waals surface area contributed by atoms with Crippen LogP contribution >= 0.6 is 15.9 Å². The van der Waals surface area contributed by atoms with Crippen molar-refractivity contribution in [3.05, 3.63) is 33.7 Å². The fourth-order valence-electron chi connectivity index (χ4n) is 1.78. The van der Waals surface area contributed by atoms with Gasteiger partial charge in [-0.05, 0) is 55.3 Å². The van der Waals surface area contributed by atoms with E-state index in [1.54, 1.807) is 6.07 Å². The fourth-order valence-corrected chi connectivity index (χ4v) is 2.12. The van der Waals surface area contributed by atoms with Gasteiger partial charge in [-0.25, -0.2) is 4.39 Å². The van der Waals surface area contributed by atoms with E-state index in [0.29, 0.717) is 16.6 Å². The first-order valence-corrected chi connectivity index (χ1v) is 6.69. The highest BCUT2D eigenvalue weighted by molar-refractivity contribution is 9.10. The number of hydrogen-bond donors (Lipinski definition) is 1. The second-order valence-corrected chi connectivity index (χ2v) is 6.37. The Kier molecular flexibility index (Phi) is 3.52. The largest absolute Gasteiger partial charge is 0.459 e. The minimum absolute atomic E-state index is 0.0250. The van der Waals surface area contributed by atoms with Crippen molar-refractivity contribution in [2.24, 2.45) is 0 Å². The minimum Gasteiger partial charge on any atom is -0.459 e. The summed E-state index contributed by atoms with van der Waals surface area (Å²) in [5.41, 5.74) is 1.68. The summed E-state index contributed by atoms with van der Waals surface area (Å²) < 4.78 is 19.6. The Bertz CT molecular complexity index is 583. The molecular formula is C14H17BrFNO. The molecule has 1 aromatic heterocycles. The number of furan rings is 1. The van der Waals surface area contributed by atoms with Gasteiger partial charge in [-0.15, -0.1) is 0 Å². The molecule has 1 N–H and O–H groups in total. The molecule has 18 heavy (non-hydrogen) atoms. The Labute approximate surface area is 115 Å². The second kappa shape index (κ2) is 4.67. The molecule has 0 saturated heterocycles. The van der Waals surface area contributed by atoms with Gasteiger partial charge in [0, 0.05) is 17.0 Å². The molecule has 0 bridgehead atoms. The van der Waals surface area contributed by atoms with Crippen LogP contribution in [0.15, 0.2) is 21.0 Å². The van der Waals surface area contributed by atoms with Crippen LogP contribution in [0.3, 0.4) is 0 Å². The average molecular weight is 314 g/mol. The van der Waals surface area contributed by atoms with Crippen molar-refractivity contribution in [3.63, 3.8) is 0 Å². The van der Waals surface area contributed by atoms with E-state index in [-0.39, 0.29) is 11.4 Å². The van der Waals surface area contributed by atoms with Gasteiger partial charge in [-0.1, -0.05) is 0 Å². The number of nitrogens with one attached hydrogen (secondary N) is 1. The number of fused-ring (bicyclic) bond motifs is 1. The van der Waals surface area contributed by atoms with Gasteiger partial charge in [0.2, 0.25) is 0 Å². The van der Waals surface area contributed by atoms with E-state index in [9.17, 15) is 4.39 Å². The Morgan fingerprint density at radius 1 is 1.33 bits per heavy atom. The SMILES string of the molecule is Cc1c(CNC(C)(C)C)oc2cc(F)c(Br)cc12. The smallest absolute Gasteiger partial charge is 0.141 e. The molecule has 0 aliphatic carbocycles. The van der Waals surface area contributed by atoms with E-state index in [1.165, 1.54) is 6.07 Å². The van der Waals surface area contributed by atoms with Crippen LogP contribution in [0.5, 0.6) is 0 Å². The highest BCUT2D eigenvalue weighted by Crippen LogP contribution is 2.30. The molecule has 2 nitrogen and oxygen atoms in total. The lowest BCUT2D eigenvalue weighted by atomic mass is 10.1. The van der Waals surface area contributed by atoms with E-state index < -0.39 is 0 Å². The third-order valence-corrected chi connectivity index (χ3v) is 3.46. The monoisotopic (exact) mass is 313 g/mol. The van der Waals surface area contributed by atoms with Crippen LogP contribution in [0.1, 0.15) is 32.1 Å². The zero-order valence-electron chi connectivity index (χ0n) is 11.0. The summed E-state index contributed by atoms with van der Waals surface area (Å²) in [7, 11) is 0. The molecule has 0 amide bonds. The molecule has 1 aromatic carbocycles. The van der Waals surface area contributed by atoms with Gasteiger partial charge in [-0.3, -0.25) is 0 Å². The molecule has 0 saturated carbocycles. The number of halogens is 2. The van der Waals surface area contributed by atoms with Crippen LogP contribution < -0.4 is 5.32 Å². The fraction of sp³-hybridized carbons (Fsp3) is 0.429. The second-order valence-electron chi connectivity index (χ2n) is 5.52. The molecule has 2 rings (SSSR count). The predicted octanol–water partition coefficient (Wildman–Crippen LogP) is 4.53. The normalized spacial score (nSPS) is 12.3. The first-order valence-electron chi connectivity index (χ1n) is 5.90. The van der Waals surface area contributed by atoms with Crippen molar-refractivity contribution in [2.45, 2.75) is 39.8 Å². The first-order chi connectivity index (χ1) is 8.28. The topological polar surface area (TPSA) is 25.2 Å². The maximum absolute atomic E-state index is 13.4. The highest BCUT2D eigenvalue weighted by atomic mass is 79.9. The predicted molar refractivity (Wildman–Crippen MR) is 75.2 cm³/mol. The van der Waals surface area contributed by atoms with E-state index in [1.807, 2.05) is 6.92 Å². The van der Waals surface area contributed by atoms with Crippen molar-refractivity contribution in [3.8, 4) is 0 Å². The van der Waals surface area contributed by atoms with E-state index in [4.69, 9.17) is 4.42 Å². The number of benzene rings is 1. The van der Waals surface area contributed by atoms with Gasteiger partial charge >= 0.3 is 0 Å². The third kappa shape index (κ3) is 2.75. The maximum Gasteiger partial charge on any atom is 0.141 e. The van der Waals surface area contributed by atoms with Crippen LogP contribution in [0.4, 0.5) is 4.39 Å². The van der Waals surface area contributed by atoms with E-state index in [2.05, 4.69) is 42.0 Å². The van der Waals surface area contributed by atoms with Gasteiger partial charge in [0.1, 0.15) is 17.2 Å². The van der Waals surface area contributed by atoms with Gasteiger partial charge in [-0.2, -0.15) is 0 Å². The van der Waals surface area contributed by atoms with Crippen LogP contribution in [-0.4, -0.2) is 5.54 Å². The van der Waals surface area contributed by atoms with Crippen LogP contribution in [-0.2, 0) is 6.54 Å². The summed E-state index contributed by atoms with van der Waals surface area (Å²) in [6.45, 7) is 8.93. The van der Waals surface area contributed by atoms with Gasteiger partial charge in [0.15, 0.2) is 0 Å². The summed E-state index contributed by atoms with van der Waals surface area (Å²) in [5, 5.41) is 4.32. The average Bonchev–Trinajstić information content (AvgIpc) is 2.53. The van der Waals surface area contributed by atoms with Crippen molar-refractivity contribution in [1.82, 2.24) is 5.32 Å². The van der Waals surface area contributed by atoms with E-state index in [0.717, 1.165) is 16.7 Å². The molecule has 0 atom stereocenters. The van der Waals surface area contributed by atoms with Gasteiger partial charge < -0.3 is 9.73 Å². The first kappa shape index (κ1) is 13.6. The zero-order valence-corrected chi connectivity index (χ0v) is 12.6. The summed E-state index contributed by atoms with van der Waals surface area (Å²) in [6.07, 6.45) is 0. The lowest BCUT2D eigenvalue weighted by Crippen LogP contribution is -2.35. The molecule has 0 aliphatic rings. The van der Waals surface area contributed by atoms with Gasteiger partial charge in [0.05, 0.1) is 11.0 Å². The van der Waals surface area contributed by atoms with Crippen LogP contribution in [0.25, 0.3) is 11.0 Å². The molecule has 2 aromatic rings.